The summed E-state index contributed by atoms with van der Waals surface area (Å²) in [5.74, 6) is 1.25. The second-order valence-corrected chi connectivity index (χ2v) is 8.93. The van der Waals surface area contributed by atoms with Crippen LogP contribution in [0.4, 0.5) is 18.9 Å². The van der Waals surface area contributed by atoms with E-state index in [1.165, 1.54) is 12.1 Å². The quantitative estimate of drug-likeness (QED) is 0.359. The Bertz CT molecular complexity index is 1370. The number of nitrogens with zero attached hydrogens (tertiary/aromatic N) is 3. The van der Waals surface area contributed by atoms with Gasteiger partial charge in [-0.15, -0.1) is 0 Å². The Balaban J connectivity index is 1.42. The van der Waals surface area contributed by atoms with Crippen molar-refractivity contribution in [2.75, 3.05) is 45.7 Å². The van der Waals surface area contributed by atoms with Crippen LogP contribution in [0.25, 0.3) is 6.08 Å². The number of likely N-dealkylation sites (N-methyl/N-ethyl adjacent to an activating group) is 1. The van der Waals surface area contributed by atoms with Crippen LogP contribution in [0.1, 0.15) is 16.8 Å². The molecule has 0 radical (unpaired) electrons. The van der Waals surface area contributed by atoms with Gasteiger partial charge in [-0.3, -0.25) is 14.8 Å². The maximum Gasteiger partial charge on any atom is 0.416 e. The first-order valence-electron chi connectivity index (χ1n) is 12.2. The number of anilines is 1. The molecule has 2 heterocycles. The number of rotatable bonds is 10. The monoisotopic (exact) mass is 539 g/mol. The van der Waals surface area contributed by atoms with Crippen molar-refractivity contribution in [2.45, 2.75) is 6.18 Å². The SMILES string of the molecule is CN(C)CCOc1cc(NC(=O)C=Cc2cccc(Oc3ccnc(C4=NCCN4)c3)c2)cc(C(F)(F)F)c1. The van der Waals surface area contributed by atoms with E-state index in [2.05, 4.69) is 20.6 Å². The molecule has 0 saturated heterocycles. The van der Waals surface area contributed by atoms with Gasteiger partial charge in [0.1, 0.15) is 35.4 Å². The van der Waals surface area contributed by atoms with E-state index < -0.39 is 17.6 Å². The van der Waals surface area contributed by atoms with Crippen LogP contribution in [-0.2, 0) is 11.0 Å². The molecule has 1 aliphatic heterocycles. The Hall–Kier alpha value is -4.38. The van der Waals surface area contributed by atoms with Crippen molar-refractivity contribution in [3.05, 3.63) is 83.7 Å². The average molecular weight is 540 g/mol. The van der Waals surface area contributed by atoms with E-state index in [0.717, 1.165) is 24.5 Å². The van der Waals surface area contributed by atoms with Gasteiger partial charge in [-0.2, -0.15) is 13.2 Å². The Morgan fingerprint density at radius 3 is 2.67 bits per heavy atom. The highest BCUT2D eigenvalue weighted by atomic mass is 19.4. The third-order valence-electron chi connectivity index (χ3n) is 5.48. The van der Waals surface area contributed by atoms with Crippen molar-refractivity contribution in [1.29, 1.82) is 0 Å². The number of hydrogen-bond acceptors (Lipinski definition) is 7. The summed E-state index contributed by atoms with van der Waals surface area (Å²) in [6.45, 7) is 2.19. The highest BCUT2D eigenvalue weighted by Crippen LogP contribution is 2.34. The van der Waals surface area contributed by atoms with Crippen molar-refractivity contribution < 1.29 is 27.4 Å². The zero-order valence-corrected chi connectivity index (χ0v) is 21.5. The molecule has 2 N–H and O–H groups in total. The number of alkyl halides is 3. The van der Waals surface area contributed by atoms with Gasteiger partial charge in [-0.25, -0.2) is 0 Å². The molecule has 2 aromatic carbocycles. The van der Waals surface area contributed by atoms with E-state index >= 15 is 0 Å². The molecule has 0 saturated carbocycles. The Kier molecular flexibility index (Phi) is 8.82. The van der Waals surface area contributed by atoms with E-state index in [4.69, 9.17) is 9.47 Å². The molecule has 1 aromatic heterocycles. The normalized spacial score (nSPS) is 13.3. The fourth-order valence-electron chi connectivity index (χ4n) is 3.61. The predicted molar refractivity (Wildman–Crippen MR) is 143 cm³/mol. The average Bonchev–Trinajstić information content (AvgIpc) is 3.42. The smallest absolute Gasteiger partial charge is 0.416 e. The van der Waals surface area contributed by atoms with Crippen LogP contribution in [0, 0.1) is 0 Å². The number of aliphatic imine (C=N–C) groups is 1. The summed E-state index contributed by atoms with van der Waals surface area (Å²) in [4.78, 5) is 23.0. The maximum absolute atomic E-state index is 13.4. The van der Waals surface area contributed by atoms with Crippen LogP contribution in [-0.4, -0.2) is 62.0 Å². The van der Waals surface area contributed by atoms with Gasteiger partial charge in [-0.1, -0.05) is 12.1 Å². The number of carbonyl (C=O) groups excluding carboxylic acids is 1. The number of pyridine rings is 1. The third-order valence-corrected chi connectivity index (χ3v) is 5.48. The van der Waals surface area contributed by atoms with Crippen LogP contribution in [0.15, 0.2) is 71.9 Å². The summed E-state index contributed by atoms with van der Waals surface area (Å²) in [7, 11) is 3.66. The lowest BCUT2D eigenvalue weighted by molar-refractivity contribution is -0.137. The number of halogens is 3. The number of hydrogen-bond donors (Lipinski definition) is 2. The van der Waals surface area contributed by atoms with E-state index in [-0.39, 0.29) is 18.0 Å². The Morgan fingerprint density at radius 2 is 1.92 bits per heavy atom. The molecule has 4 rings (SSSR count). The summed E-state index contributed by atoms with van der Waals surface area (Å²) in [5, 5.41) is 5.64. The van der Waals surface area contributed by atoms with Gasteiger partial charge in [0.2, 0.25) is 5.91 Å². The summed E-state index contributed by atoms with van der Waals surface area (Å²) < 4.78 is 51.6. The molecule has 1 amide bonds. The van der Waals surface area contributed by atoms with Gasteiger partial charge < -0.3 is 25.0 Å². The summed E-state index contributed by atoms with van der Waals surface area (Å²) >= 11 is 0. The van der Waals surface area contributed by atoms with E-state index in [9.17, 15) is 18.0 Å². The van der Waals surface area contributed by atoms with Crippen LogP contribution >= 0.6 is 0 Å². The number of nitrogens with one attached hydrogen (secondary N) is 2. The van der Waals surface area contributed by atoms with Crippen LogP contribution in [0.3, 0.4) is 0 Å². The number of amides is 1. The summed E-state index contributed by atoms with van der Waals surface area (Å²) in [6, 6.07) is 13.7. The zero-order valence-electron chi connectivity index (χ0n) is 21.5. The Morgan fingerprint density at radius 1 is 1.10 bits per heavy atom. The van der Waals surface area contributed by atoms with E-state index in [0.29, 0.717) is 35.8 Å². The molecule has 0 aliphatic carbocycles. The minimum Gasteiger partial charge on any atom is -0.492 e. The first kappa shape index (κ1) is 27.6. The number of aromatic nitrogens is 1. The topological polar surface area (TPSA) is 88.1 Å². The summed E-state index contributed by atoms with van der Waals surface area (Å²) in [5.41, 5.74) is 0.407. The molecule has 0 atom stereocenters. The van der Waals surface area contributed by atoms with Gasteiger partial charge >= 0.3 is 6.18 Å². The van der Waals surface area contributed by atoms with Crippen molar-refractivity contribution in [3.8, 4) is 17.2 Å². The first-order chi connectivity index (χ1) is 18.7. The molecule has 8 nitrogen and oxygen atoms in total. The van der Waals surface area contributed by atoms with Crippen LogP contribution in [0.5, 0.6) is 17.2 Å². The number of carbonyl (C=O) groups is 1. The van der Waals surface area contributed by atoms with Crippen molar-refractivity contribution >= 4 is 23.5 Å². The van der Waals surface area contributed by atoms with Gasteiger partial charge in [0.25, 0.3) is 0 Å². The molecular weight excluding hydrogens is 511 g/mol. The molecule has 0 unspecified atom stereocenters. The fourth-order valence-corrected chi connectivity index (χ4v) is 3.61. The van der Waals surface area contributed by atoms with Gasteiger partial charge in [0, 0.05) is 43.2 Å². The van der Waals surface area contributed by atoms with Crippen molar-refractivity contribution in [1.82, 2.24) is 15.2 Å². The highest BCUT2D eigenvalue weighted by Gasteiger charge is 2.31. The van der Waals surface area contributed by atoms with Crippen LogP contribution < -0.4 is 20.1 Å². The lowest BCUT2D eigenvalue weighted by Gasteiger charge is -2.15. The molecule has 11 heteroatoms. The second-order valence-electron chi connectivity index (χ2n) is 8.93. The number of amidine groups is 1. The Labute approximate surface area is 224 Å². The van der Waals surface area contributed by atoms with E-state index in [1.807, 2.05) is 19.0 Å². The molecule has 0 fully saturated rings. The predicted octanol–water partition coefficient (Wildman–Crippen LogP) is 4.83. The minimum atomic E-state index is -4.59. The third kappa shape index (κ3) is 8.30. The molecule has 1 aliphatic rings. The maximum atomic E-state index is 13.4. The zero-order chi connectivity index (χ0) is 27.8. The first-order valence-corrected chi connectivity index (χ1v) is 12.2. The largest absolute Gasteiger partial charge is 0.492 e. The fraction of sp³-hybridized carbons (Fsp3) is 0.250. The molecule has 39 heavy (non-hydrogen) atoms. The van der Waals surface area contributed by atoms with Crippen LogP contribution in [0.2, 0.25) is 0 Å². The molecular formula is C28H28F3N5O3. The minimum absolute atomic E-state index is 0.0193. The molecule has 204 valence electrons. The summed E-state index contributed by atoms with van der Waals surface area (Å²) in [6.07, 6.45) is -0.180. The van der Waals surface area contributed by atoms with E-state index in [1.54, 1.807) is 48.7 Å². The van der Waals surface area contributed by atoms with Gasteiger partial charge in [0.15, 0.2) is 0 Å². The number of benzene rings is 2. The molecule has 3 aromatic rings. The van der Waals surface area contributed by atoms with Gasteiger partial charge in [-0.05, 0) is 56.1 Å². The lowest BCUT2D eigenvalue weighted by atomic mass is 10.1. The standard InChI is InChI=1S/C28H28F3N5O3/c1-36(2)12-13-38-24-16-20(28(29,30)31)15-21(17-24)35-26(37)7-6-19-4-3-5-22(14-19)39-23-8-9-32-25(18-23)27-33-10-11-34-27/h3-9,14-18H,10-13H2,1-2H3,(H,33,34)(H,35,37). The van der Waals surface area contributed by atoms with Gasteiger partial charge in [0.05, 0.1) is 12.1 Å². The molecule has 0 bridgehead atoms. The second kappa shape index (κ2) is 12.4. The lowest BCUT2D eigenvalue weighted by Crippen LogP contribution is -2.20. The number of ether oxygens (including phenoxy) is 2. The van der Waals surface area contributed by atoms with Crippen molar-refractivity contribution in [3.63, 3.8) is 0 Å². The van der Waals surface area contributed by atoms with Crippen molar-refractivity contribution in [2.24, 2.45) is 4.99 Å². The highest BCUT2D eigenvalue weighted by molar-refractivity contribution is 6.02. The molecule has 0 spiro atoms.